The van der Waals surface area contributed by atoms with Gasteiger partial charge in [-0.25, -0.2) is 8.42 Å². The van der Waals surface area contributed by atoms with Crippen molar-refractivity contribution in [2.24, 2.45) is 5.92 Å². The lowest BCUT2D eigenvalue weighted by Gasteiger charge is -2.28. The van der Waals surface area contributed by atoms with Crippen LogP contribution in [0.4, 0.5) is 0 Å². The van der Waals surface area contributed by atoms with E-state index in [1.807, 2.05) is 0 Å². The highest BCUT2D eigenvalue weighted by atomic mass is 32.2. The second kappa shape index (κ2) is 8.22. The lowest BCUT2D eigenvalue weighted by Crippen LogP contribution is -2.39. The van der Waals surface area contributed by atoms with Gasteiger partial charge < -0.3 is 10.1 Å². The zero-order chi connectivity index (χ0) is 14.3. The van der Waals surface area contributed by atoms with E-state index < -0.39 is 9.84 Å². The topological polar surface area (TPSA) is 55.4 Å². The van der Waals surface area contributed by atoms with Crippen molar-refractivity contribution in [2.45, 2.75) is 57.2 Å². The molecule has 0 spiro atoms. The molecule has 0 aromatic carbocycles. The summed E-state index contributed by atoms with van der Waals surface area (Å²) in [7, 11) is -2.87. The summed E-state index contributed by atoms with van der Waals surface area (Å²) in [5.74, 6) is 0.585. The molecule has 114 valence electrons. The Morgan fingerprint density at radius 1 is 1.32 bits per heavy atom. The number of hydrogen-bond acceptors (Lipinski definition) is 4. The Kier molecular flexibility index (Phi) is 7.32. The molecule has 0 aromatic heterocycles. The second-order valence-corrected chi connectivity index (χ2v) is 8.42. The molecule has 5 heteroatoms. The van der Waals surface area contributed by atoms with Gasteiger partial charge in [0.15, 0.2) is 0 Å². The normalized spacial score (nSPS) is 24.8. The van der Waals surface area contributed by atoms with E-state index in [1.54, 1.807) is 0 Å². The fraction of sp³-hybridized carbons (Fsp3) is 1.00. The standard InChI is InChI=1S/C14H29NO3S/c1-12(2)11-18-9-5-8-15-13-6-4-7-14(10-13)19(3,16)17/h12-15H,4-11H2,1-3H3. The van der Waals surface area contributed by atoms with Crippen LogP contribution in [0.5, 0.6) is 0 Å². The van der Waals surface area contributed by atoms with Gasteiger partial charge >= 0.3 is 0 Å². The van der Waals surface area contributed by atoms with Crippen molar-refractivity contribution < 1.29 is 13.2 Å². The van der Waals surface area contributed by atoms with E-state index in [9.17, 15) is 8.42 Å². The van der Waals surface area contributed by atoms with Crippen LogP contribution in [0.3, 0.4) is 0 Å². The third-order valence-corrected chi connectivity index (χ3v) is 5.22. The van der Waals surface area contributed by atoms with Crippen molar-refractivity contribution in [3.05, 3.63) is 0 Å². The Labute approximate surface area is 118 Å². The highest BCUT2D eigenvalue weighted by Crippen LogP contribution is 2.23. The van der Waals surface area contributed by atoms with Gasteiger partial charge in [-0.3, -0.25) is 0 Å². The third-order valence-electron chi connectivity index (χ3n) is 3.58. The minimum absolute atomic E-state index is 0.143. The Bertz CT molecular complexity index is 341. The van der Waals surface area contributed by atoms with Crippen molar-refractivity contribution in [1.29, 1.82) is 0 Å². The van der Waals surface area contributed by atoms with Crippen molar-refractivity contribution in [3.8, 4) is 0 Å². The summed E-state index contributed by atoms with van der Waals surface area (Å²) < 4.78 is 28.7. The Balaban J connectivity index is 2.13. The number of sulfone groups is 1. The van der Waals surface area contributed by atoms with Gasteiger partial charge in [0.05, 0.1) is 5.25 Å². The Morgan fingerprint density at radius 3 is 2.68 bits per heavy atom. The minimum Gasteiger partial charge on any atom is -0.381 e. The monoisotopic (exact) mass is 291 g/mol. The highest BCUT2D eigenvalue weighted by molar-refractivity contribution is 7.91. The third kappa shape index (κ3) is 7.28. The van der Waals surface area contributed by atoms with Crippen molar-refractivity contribution >= 4 is 9.84 Å². The fourth-order valence-electron chi connectivity index (χ4n) is 2.52. The maximum atomic E-state index is 11.6. The van der Waals surface area contributed by atoms with Crippen LogP contribution in [0, 0.1) is 5.92 Å². The Morgan fingerprint density at radius 2 is 2.05 bits per heavy atom. The van der Waals surface area contributed by atoms with E-state index in [1.165, 1.54) is 6.26 Å². The summed E-state index contributed by atoms with van der Waals surface area (Å²) in [6, 6.07) is 0.360. The largest absolute Gasteiger partial charge is 0.381 e. The zero-order valence-corrected chi connectivity index (χ0v) is 13.3. The van der Waals surface area contributed by atoms with Gasteiger partial charge in [0.1, 0.15) is 9.84 Å². The number of ether oxygens (including phenoxy) is 1. The van der Waals surface area contributed by atoms with Crippen LogP contribution in [-0.4, -0.2) is 45.7 Å². The molecule has 0 aliphatic heterocycles. The molecule has 1 aliphatic rings. The number of nitrogens with one attached hydrogen (secondary N) is 1. The van der Waals surface area contributed by atoms with Crippen molar-refractivity contribution in [1.82, 2.24) is 5.32 Å². The molecule has 2 unspecified atom stereocenters. The Hall–Kier alpha value is -0.130. The van der Waals surface area contributed by atoms with Crippen LogP contribution < -0.4 is 5.32 Å². The molecular formula is C14H29NO3S. The lowest BCUT2D eigenvalue weighted by atomic mass is 9.95. The molecular weight excluding hydrogens is 262 g/mol. The maximum Gasteiger partial charge on any atom is 0.150 e. The average molecular weight is 291 g/mol. The van der Waals surface area contributed by atoms with Gasteiger partial charge in [-0.1, -0.05) is 20.3 Å². The first-order valence-corrected chi connectivity index (χ1v) is 9.35. The molecule has 0 bridgehead atoms. The molecule has 1 N–H and O–H groups in total. The van der Waals surface area contributed by atoms with Gasteiger partial charge in [0.25, 0.3) is 0 Å². The van der Waals surface area contributed by atoms with Crippen LogP contribution in [0.1, 0.15) is 46.0 Å². The van der Waals surface area contributed by atoms with E-state index in [0.717, 1.165) is 51.9 Å². The van der Waals surface area contributed by atoms with Crippen molar-refractivity contribution in [2.75, 3.05) is 26.0 Å². The van der Waals surface area contributed by atoms with Crippen LogP contribution in [-0.2, 0) is 14.6 Å². The lowest BCUT2D eigenvalue weighted by molar-refractivity contribution is 0.107. The fourth-order valence-corrected chi connectivity index (χ4v) is 3.70. The van der Waals surface area contributed by atoms with Gasteiger partial charge in [-0.2, -0.15) is 0 Å². The van der Waals surface area contributed by atoms with E-state index in [0.29, 0.717) is 12.0 Å². The minimum atomic E-state index is -2.87. The van der Waals surface area contributed by atoms with Gasteiger partial charge in [-0.15, -0.1) is 0 Å². The van der Waals surface area contributed by atoms with Crippen molar-refractivity contribution in [3.63, 3.8) is 0 Å². The maximum absolute atomic E-state index is 11.6. The highest BCUT2D eigenvalue weighted by Gasteiger charge is 2.28. The summed E-state index contributed by atoms with van der Waals surface area (Å²) in [4.78, 5) is 0. The van der Waals surface area contributed by atoms with Gasteiger partial charge in [-0.05, 0) is 38.1 Å². The first-order valence-electron chi connectivity index (χ1n) is 7.39. The summed E-state index contributed by atoms with van der Waals surface area (Å²) >= 11 is 0. The zero-order valence-electron chi connectivity index (χ0n) is 12.5. The molecule has 0 radical (unpaired) electrons. The predicted molar refractivity (Wildman–Crippen MR) is 79.2 cm³/mol. The summed E-state index contributed by atoms with van der Waals surface area (Å²) in [6.07, 6.45) is 6.06. The molecule has 1 aliphatic carbocycles. The van der Waals surface area contributed by atoms with Gasteiger partial charge in [0.2, 0.25) is 0 Å². The number of rotatable bonds is 8. The van der Waals surface area contributed by atoms with E-state index in [-0.39, 0.29) is 5.25 Å². The smallest absolute Gasteiger partial charge is 0.150 e. The van der Waals surface area contributed by atoms with Crippen LogP contribution in [0.25, 0.3) is 0 Å². The number of hydrogen-bond donors (Lipinski definition) is 1. The SMILES string of the molecule is CC(C)COCCCNC1CCCC(S(C)(=O)=O)C1. The molecule has 4 nitrogen and oxygen atoms in total. The quantitative estimate of drug-likeness (QED) is 0.695. The molecule has 1 saturated carbocycles. The second-order valence-electron chi connectivity index (χ2n) is 6.09. The molecule has 1 fully saturated rings. The van der Waals surface area contributed by atoms with Crippen LogP contribution >= 0.6 is 0 Å². The van der Waals surface area contributed by atoms with E-state index >= 15 is 0 Å². The predicted octanol–water partition coefficient (Wildman–Crippen LogP) is 1.99. The molecule has 1 rings (SSSR count). The average Bonchev–Trinajstić information content (AvgIpc) is 2.32. The summed E-state index contributed by atoms with van der Waals surface area (Å²) in [5.41, 5.74) is 0. The van der Waals surface area contributed by atoms with E-state index in [4.69, 9.17) is 4.74 Å². The first kappa shape index (κ1) is 16.9. The van der Waals surface area contributed by atoms with Crippen LogP contribution in [0.15, 0.2) is 0 Å². The van der Waals surface area contributed by atoms with E-state index in [2.05, 4.69) is 19.2 Å². The molecule has 0 amide bonds. The summed E-state index contributed by atoms with van der Waals surface area (Å²) in [6.45, 7) is 6.81. The van der Waals surface area contributed by atoms with Crippen LogP contribution in [0.2, 0.25) is 0 Å². The molecule has 19 heavy (non-hydrogen) atoms. The molecule has 0 aromatic rings. The molecule has 0 heterocycles. The molecule has 0 saturated heterocycles. The molecule has 2 atom stereocenters. The van der Waals surface area contributed by atoms with Gasteiger partial charge in [0, 0.05) is 25.5 Å². The summed E-state index contributed by atoms with van der Waals surface area (Å²) in [5, 5.41) is 3.32. The first-order chi connectivity index (χ1) is 8.89.